The zero-order valence-corrected chi connectivity index (χ0v) is 19.5. The quantitative estimate of drug-likeness (QED) is 0.559. The van der Waals surface area contributed by atoms with E-state index in [1.54, 1.807) is 0 Å². The molecule has 1 atom stereocenters. The molecule has 164 valence electrons. The standard InChI is InChI=1S/C23H30N6OS/c1-5-17-18(14-24)22(29(4)13-12-28(3)6-2)27-23(19(17)15-25)31-20(21(26)30)16-10-8-7-9-11-16/h8,10-11,20H,5-7,9,12-13H2,1-4H3,(H2,26,30). The molecule has 0 saturated carbocycles. The van der Waals surface area contributed by atoms with E-state index >= 15 is 0 Å². The molecule has 1 aromatic rings. The summed E-state index contributed by atoms with van der Waals surface area (Å²) in [6.07, 6.45) is 8.23. The molecule has 7 nitrogen and oxygen atoms in total. The van der Waals surface area contributed by atoms with Gasteiger partial charge in [0.05, 0.1) is 11.1 Å². The van der Waals surface area contributed by atoms with Crippen LogP contribution in [0.2, 0.25) is 0 Å². The van der Waals surface area contributed by atoms with Gasteiger partial charge in [0.1, 0.15) is 28.2 Å². The molecule has 1 heterocycles. The number of anilines is 1. The Hall–Kier alpha value is -2.81. The normalized spacial score (nSPS) is 14.0. The summed E-state index contributed by atoms with van der Waals surface area (Å²) in [6.45, 7) is 6.41. The number of likely N-dealkylation sites (N-methyl/N-ethyl adjacent to an activating group) is 2. The van der Waals surface area contributed by atoms with E-state index in [0.717, 1.165) is 31.5 Å². The molecule has 0 spiro atoms. The first-order valence-corrected chi connectivity index (χ1v) is 11.3. The van der Waals surface area contributed by atoms with E-state index in [0.29, 0.717) is 40.5 Å². The van der Waals surface area contributed by atoms with Crippen molar-refractivity contribution in [3.8, 4) is 12.1 Å². The van der Waals surface area contributed by atoms with Crippen molar-refractivity contribution in [1.29, 1.82) is 10.5 Å². The number of allylic oxidation sites excluding steroid dienone is 3. The van der Waals surface area contributed by atoms with Crippen molar-refractivity contribution in [3.05, 3.63) is 40.5 Å². The van der Waals surface area contributed by atoms with Gasteiger partial charge in [0.2, 0.25) is 5.91 Å². The van der Waals surface area contributed by atoms with Gasteiger partial charge in [-0.15, -0.1) is 0 Å². The second-order valence-electron chi connectivity index (χ2n) is 7.45. The largest absolute Gasteiger partial charge is 0.368 e. The van der Waals surface area contributed by atoms with Gasteiger partial charge in [-0.3, -0.25) is 4.79 Å². The van der Waals surface area contributed by atoms with Crippen LogP contribution in [0.1, 0.15) is 43.4 Å². The molecule has 2 rings (SSSR count). The maximum atomic E-state index is 12.3. The summed E-state index contributed by atoms with van der Waals surface area (Å²) in [7, 11) is 3.93. The van der Waals surface area contributed by atoms with Crippen LogP contribution >= 0.6 is 11.8 Å². The van der Waals surface area contributed by atoms with Crippen LogP contribution in [0, 0.1) is 22.7 Å². The van der Waals surface area contributed by atoms with E-state index < -0.39 is 11.2 Å². The highest BCUT2D eigenvalue weighted by atomic mass is 32.2. The molecule has 8 heteroatoms. The lowest BCUT2D eigenvalue weighted by atomic mass is 10.0. The van der Waals surface area contributed by atoms with Crippen LogP contribution in [0.25, 0.3) is 0 Å². The fourth-order valence-corrected chi connectivity index (χ4v) is 4.44. The lowest BCUT2D eigenvalue weighted by Gasteiger charge is -2.25. The fourth-order valence-electron chi connectivity index (χ4n) is 3.36. The summed E-state index contributed by atoms with van der Waals surface area (Å²) in [5, 5.41) is 19.5. The Balaban J connectivity index is 2.54. The molecule has 1 aliphatic carbocycles. The van der Waals surface area contributed by atoms with Crippen molar-refractivity contribution in [2.45, 2.75) is 43.4 Å². The number of primary amides is 1. The van der Waals surface area contributed by atoms with Crippen molar-refractivity contribution in [3.63, 3.8) is 0 Å². The van der Waals surface area contributed by atoms with E-state index in [4.69, 9.17) is 10.7 Å². The molecule has 1 amide bonds. The Bertz CT molecular complexity index is 956. The number of amides is 1. The summed E-state index contributed by atoms with van der Waals surface area (Å²) < 4.78 is 0. The third-order valence-corrected chi connectivity index (χ3v) is 6.62. The first-order chi connectivity index (χ1) is 14.9. The summed E-state index contributed by atoms with van der Waals surface area (Å²) in [6, 6.07) is 4.46. The van der Waals surface area contributed by atoms with Crippen molar-refractivity contribution in [2.24, 2.45) is 5.73 Å². The number of hydrogen-bond acceptors (Lipinski definition) is 7. The number of rotatable bonds is 10. The second kappa shape index (κ2) is 11.5. The second-order valence-corrected chi connectivity index (χ2v) is 8.54. The van der Waals surface area contributed by atoms with Gasteiger partial charge in [-0.25, -0.2) is 4.98 Å². The van der Waals surface area contributed by atoms with Gasteiger partial charge in [0.25, 0.3) is 0 Å². The molecule has 0 aliphatic heterocycles. The fraction of sp³-hybridized carbons (Fsp3) is 0.478. The molecule has 31 heavy (non-hydrogen) atoms. The lowest BCUT2D eigenvalue weighted by Crippen LogP contribution is -2.32. The summed E-state index contributed by atoms with van der Waals surface area (Å²) in [4.78, 5) is 21.1. The van der Waals surface area contributed by atoms with Crippen LogP contribution in [-0.4, -0.2) is 54.8 Å². The number of pyridine rings is 1. The number of nitrogens with zero attached hydrogens (tertiary/aromatic N) is 5. The van der Waals surface area contributed by atoms with Gasteiger partial charge >= 0.3 is 0 Å². The molecule has 1 aromatic heterocycles. The number of nitrogens with two attached hydrogens (primary N) is 1. The average molecular weight is 439 g/mol. The third kappa shape index (κ3) is 5.88. The highest BCUT2D eigenvalue weighted by molar-refractivity contribution is 8.00. The van der Waals surface area contributed by atoms with Crippen molar-refractivity contribution in [2.75, 3.05) is 38.6 Å². The summed E-state index contributed by atoms with van der Waals surface area (Å²) in [5.74, 6) is 0.0529. The van der Waals surface area contributed by atoms with Crippen molar-refractivity contribution >= 4 is 23.5 Å². The Morgan fingerprint density at radius 3 is 2.45 bits per heavy atom. The van der Waals surface area contributed by atoms with Gasteiger partial charge in [-0.05, 0) is 44.0 Å². The molecule has 2 N–H and O–H groups in total. The Labute approximate surface area is 189 Å². The number of nitriles is 2. The summed E-state index contributed by atoms with van der Waals surface area (Å²) >= 11 is 1.19. The van der Waals surface area contributed by atoms with Crippen LogP contribution in [-0.2, 0) is 11.2 Å². The predicted molar refractivity (Wildman–Crippen MR) is 125 cm³/mol. The van der Waals surface area contributed by atoms with E-state index in [1.165, 1.54) is 11.8 Å². The Kier molecular flexibility index (Phi) is 9.11. The zero-order chi connectivity index (χ0) is 23.0. The number of thioether (sulfide) groups is 1. The maximum absolute atomic E-state index is 12.3. The van der Waals surface area contributed by atoms with Crippen LogP contribution in [0.4, 0.5) is 5.82 Å². The minimum atomic E-state index is -0.641. The van der Waals surface area contributed by atoms with E-state index in [1.807, 2.05) is 44.1 Å². The van der Waals surface area contributed by atoms with Crippen LogP contribution in [0.3, 0.4) is 0 Å². The minimum Gasteiger partial charge on any atom is -0.368 e. The van der Waals surface area contributed by atoms with Gasteiger partial charge in [0.15, 0.2) is 0 Å². The average Bonchev–Trinajstić information content (AvgIpc) is 2.79. The molecule has 0 saturated heterocycles. The smallest absolute Gasteiger partial charge is 0.235 e. The van der Waals surface area contributed by atoms with Crippen molar-refractivity contribution < 1.29 is 4.79 Å². The van der Waals surface area contributed by atoms with Crippen LogP contribution in [0.15, 0.2) is 28.8 Å². The summed E-state index contributed by atoms with van der Waals surface area (Å²) in [5.41, 5.74) is 7.96. The predicted octanol–water partition coefficient (Wildman–Crippen LogP) is 3.00. The van der Waals surface area contributed by atoms with Gasteiger partial charge in [-0.1, -0.05) is 43.8 Å². The Morgan fingerprint density at radius 2 is 1.94 bits per heavy atom. The molecule has 0 fully saturated rings. The van der Waals surface area contributed by atoms with Crippen molar-refractivity contribution in [1.82, 2.24) is 9.88 Å². The first-order valence-electron chi connectivity index (χ1n) is 10.5. The molecule has 1 unspecified atom stereocenters. The number of aromatic nitrogens is 1. The number of carbonyl (C=O) groups excluding carboxylic acids is 1. The highest BCUT2D eigenvalue weighted by Gasteiger charge is 2.27. The lowest BCUT2D eigenvalue weighted by molar-refractivity contribution is -0.116. The number of carbonyl (C=O) groups is 1. The Morgan fingerprint density at radius 1 is 1.23 bits per heavy atom. The molecular formula is C23H30N6OS. The topological polar surface area (TPSA) is 110 Å². The zero-order valence-electron chi connectivity index (χ0n) is 18.7. The highest BCUT2D eigenvalue weighted by Crippen LogP contribution is 2.36. The van der Waals surface area contributed by atoms with Crippen LogP contribution < -0.4 is 10.6 Å². The monoisotopic (exact) mass is 438 g/mol. The molecule has 1 aliphatic rings. The van der Waals surface area contributed by atoms with Gasteiger partial charge < -0.3 is 15.5 Å². The van der Waals surface area contributed by atoms with Gasteiger partial charge in [0, 0.05) is 20.1 Å². The molecule has 0 bridgehead atoms. The first kappa shape index (κ1) is 24.5. The van der Waals surface area contributed by atoms with E-state index in [2.05, 4.69) is 24.0 Å². The van der Waals surface area contributed by atoms with Crippen LogP contribution in [0.5, 0.6) is 0 Å². The minimum absolute atomic E-state index is 0.346. The number of hydrogen-bond donors (Lipinski definition) is 1. The van der Waals surface area contributed by atoms with E-state index in [-0.39, 0.29) is 0 Å². The van der Waals surface area contributed by atoms with Gasteiger partial charge in [-0.2, -0.15) is 10.5 Å². The molecular weight excluding hydrogens is 408 g/mol. The third-order valence-electron chi connectivity index (χ3n) is 5.36. The SMILES string of the molecule is CCc1c(C#N)c(SC(C(N)=O)C2=CCCC=C2)nc(N(C)CCN(C)CC)c1C#N. The van der Waals surface area contributed by atoms with E-state index in [9.17, 15) is 15.3 Å². The maximum Gasteiger partial charge on any atom is 0.235 e. The molecule has 0 radical (unpaired) electrons. The molecule has 0 aromatic carbocycles.